The van der Waals surface area contributed by atoms with Crippen LogP contribution in [0.3, 0.4) is 0 Å². The van der Waals surface area contributed by atoms with E-state index in [0.717, 1.165) is 0 Å². The normalized spacial score (nSPS) is 12.4. The van der Waals surface area contributed by atoms with Crippen molar-refractivity contribution in [2.45, 2.75) is 9.67 Å². The van der Waals surface area contributed by atoms with E-state index in [-0.39, 0.29) is 17.7 Å². The van der Waals surface area contributed by atoms with Gasteiger partial charge in [-0.25, -0.2) is 8.42 Å². The number of halogens is 3. The van der Waals surface area contributed by atoms with Gasteiger partial charge in [-0.2, -0.15) is 9.65 Å². The van der Waals surface area contributed by atoms with E-state index in [1.54, 1.807) is 36.4 Å². The summed E-state index contributed by atoms with van der Waals surface area (Å²) in [4.78, 5) is 0. The van der Waals surface area contributed by atoms with Gasteiger partial charge in [-0.05, 0) is 5.56 Å². The number of nitriles is 1. The summed E-state index contributed by atoms with van der Waals surface area (Å²) in [5, 5.41) is 8.58. The fourth-order valence-electron chi connectivity index (χ4n) is 1.22. The Labute approximate surface area is 125 Å². The van der Waals surface area contributed by atoms with Crippen molar-refractivity contribution in [2.24, 2.45) is 0 Å². The Kier molecular flexibility index (Phi) is 5.89. The second-order valence-corrected chi connectivity index (χ2v) is 8.39. The molecule has 19 heavy (non-hydrogen) atoms. The first kappa shape index (κ1) is 16.5. The predicted molar refractivity (Wildman–Crippen MR) is 74.5 cm³/mol. The zero-order valence-corrected chi connectivity index (χ0v) is 12.6. The summed E-state index contributed by atoms with van der Waals surface area (Å²) in [6.07, 6.45) is 0. The molecule has 9 heteroatoms. The van der Waals surface area contributed by atoms with Gasteiger partial charge >= 0.3 is 3.92 Å². The van der Waals surface area contributed by atoms with Crippen LogP contribution in [0.1, 0.15) is 5.56 Å². The van der Waals surface area contributed by atoms with Crippen LogP contribution in [-0.4, -0.2) is 22.6 Å². The number of benzene rings is 1. The molecule has 0 unspecified atom stereocenters. The molecular weight excluding hydrogens is 334 g/mol. The van der Waals surface area contributed by atoms with Crippen LogP contribution in [0.4, 0.5) is 4.39 Å². The maximum absolute atomic E-state index is 13.1. The lowest BCUT2D eigenvalue weighted by Gasteiger charge is -2.20. The van der Waals surface area contributed by atoms with E-state index in [9.17, 15) is 12.8 Å². The third-order valence-corrected chi connectivity index (χ3v) is 5.21. The minimum atomic E-state index is -3.91. The second kappa shape index (κ2) is 6.77. The number of rotatable bonds is 6. The molecule has 0 fully saturated rings. The molecule has 0 aliphatic carbocycles. The fraction of sp³-hybridized carbons (Fsp3) is 0.300. The van der Waals surface area contributed by atoms with E-state index in [4.69, 9.17) is 28.5 Å². The molecule has 0 amide bonds. The summed E-state index contributed by atoms with van der Waals surface area (Å²) >= 11 is 10.3. The topological polar surface area (TPSA) is 61.2 Å². The lowest BCUT2D eigenvalue weighted by atomic mass is 10.2. The molecule has 104 valence electrons. The molecule has 0 saturated heterocycles. The molecule has 0 heterocycles. The maximum atomic E-state index is 13.1. The van der Waals surface area contributed by atoms with Gasteiger partial charge in [-0.1, -0.05) is 53.5 Å². The highest BCUT2D eigenvalue weighted by molar-refractivity contribution is 8.10. The SMILES string of the molecule is N#CCN(SC(F)(Cl)Cl)S(=O)(=O)Cc1ccccc1. The van der Waals surface area contributed by atoms with E-state index < -0.39 is 20.5 Å². The van der Waals surface area contributed by atoms with Gasteiger partial charge in [0.2, 0.25) is 10.0 Å². The van der Waals surface area contributed by atoms with Crippen LogP contribution in [0.5, 0.6) is 0 Å². The van der Waals surface area contributed by atoms with Crippen LogP contribution < -0.4 is 0 Å². The molecule has 1 aromatic carbocycles. The molecule has 0 N–H and O–H groups in total. The van der Waals surface area contributed by atoms with Gasteiger partial charge in [-0.15, -0.1) is 3.71 Å². The van der Waals surface area contributed by atoms with Crippen molar-refractivity contribution in [3.05, 3.63) is 35.9 Å². The molecule has 1 aromatic rings. The Balaban J connectivity index is 2.91. The van der Waals surface area contributed by atoms with Crippen molar-refractivity contribution in [3.63, 3.8) is 0 Å². The third kappa shape index (κ3) is 5.97. The van der Waals surface area contributed by atoms with Crippen molar-refractivity contribution in [2.75, 3.05) is 6.54 Å². The second-order valence-electron chi connectivity index (χ2n) is 3.40. The maximum Gasteiger partial charge on any atom is 0.319 e. The van der Waals surface area contributed by atoms with Gasteiger partial charge in [0, 0.05) is 11.9 Å². The first-order chi connectivity index (χ1) is 8.74. The Morgan fingerprint density at radius 2 is 1.95 bits per heavy atom. The summed E-state index contributed by atoms with van der Waals surface area (Å²) in [7, 11) is -3.91. The van der Waals surface area contributed by atoms with Crippen LogP contribution in [0.2, 0.25) is 0 Å². The largest absolute Gasteiger partial charge is 0.319 e. The summed E-state index contributed by atoms with van der Waals surface area (Å²) < 4.78 is 34.9. The summed E-state index contributed by atoms with van der Waals surface area (Å²) in [5.74, 6) is -0.369. The molecule has 0 saturated carbocycles. The Morgan fingerprint density at radius 1 is 1.37 bits per heavy atom. The highest BCUT2D eigenvalue weighted by Crippen LogP contribution is 2.40. The average Bonchev–Trinajstić information content (AvgIpc) is 2.27. The van der Waals surface area contributed by atoms with Crippen LogP contribution in [0.15, 0.2) is 30.3 Å². The molecule has 0 aliphatic rings. The van der Waals surface area contributed by atoms with Crippen LogP contribution in [0, 0.1) is 11.3 Å². The Morgan fingerprint density at radius 3 is 2.42 bits per heavy atom. The van der Waals surface area contributed by atoms with Gasteiger partial charge in [0.25, 0.3) is 0 Å². The Bertz CT molecular complexity index is 555. The molecule has 0 aromatic heterocycles. The highest BCUT2D eigenvalue weighted by atomic mass is 35.5. The minimum absolute atomic E-state index is 0.0397. The van der Waals surface area contributed by atoms with Crippen molar-refractivity contribution in [1.82, 2.24) is 3.71 Å². The van der Waals surface area contributed by atoms with Crippen molar-refractivity contribution in [3.8, 4) is 6.07 Å². The van der Waals surface area contributed by atoms with Crippen LogP contribution in [-0.2, 0) is 15.8 Å². The molecule has 0 spiro atoms. The van der Waals surface area contributed by atoms with E-state index in [0.29, 0.717) is 9.27 Å². The number of hydrogen-bond acceptors (Lipinski definition) is 4. The molecule has 1 rings (SSSR count). The first-order valence-corrected chi connectivity index (χ1v) is 8.05. The number of alkyl halides is 3. The smallest absolute Gasteiger partial charge is 0.211 e. The van der Waals surface area contributed by atoms with E-state index >= 15 is 0 Å². The lowest BCUT2D eigenvalue weighted by molar-refractivity contribution is 0.501. The molecule has 0 radical (unpaired) electrons. The van der Waals surface area contributed by atoms with Gasteiger partial charge in [0.1, 0.15) is 6.54 Å². The zero-order valence-electron chi connectivity index (χ0n) is 9.46. The first-order valence-electron chi connectivity index (χ1n) is 4.92. The molecule has 0 bridgehead atoms. The summed E-state index contributed by atoms with van der Waals surface area (Å²) in [6, 6.07) is 9.93. The minimum Gasteiger partial charge on any atom is -0.211 e. The monoisotopic (exact) mass is 342 g/mol. The summed E-state index contributed by atoms with van der Waals surface area (Å²) in [5.41, 5.74) is 0.514. The number of hydrogen-bond donors (Lipinski definition) is 0. The van der Waals surface area contributed by atoms with Crippen LogP contribution in [0.25, 0.3) is 0 Å². The lowest BCUT2D eigenvalue weighted by Crippen LogP contribution is -2.29. The fourth-order valence-corrected chi connectivity index (χ4v) is 4.25. The average molecular weight is 343 g/mol. The summed E-state index contributed by atoms with van der Waals surface area (Å²) in [6.45, 7) is -0.551. The zero-order chi connectivity index (χ0) is 14.5. The van der Waals surface area contributed by atoms with E-state index in [2.05, 4.69) is 0 Å². The quantitative estimate of drug-likeness (QED) is 0.452. The van der Waals surface area contributed by atoms with Gasteiger partial charge in [-0.3, -0.25) is 0 Å². The third-order valence-electron chi connectivity index (χ3n) is 1.91. The molecule has 0 atom stereocenters. The molecule has 4 nitrogen and oxygen atoms in total. The predicted octanol–water partition coefficient (Wildman–Crippen LogP) is 3.05. The molecular formula is C10H9Cl2FN2O2S2. The van der Waals surface area contributed by atoms with Gasteiger partial charge < -0.3 is 0 Å². The van der Waals surface area contributed by atoms with Gasteiger partial charge in [0.05, 0.1) is 11.8 Å². The number of nitrogens with zero attached hydrogens (tertiary/aromatic N) is 2. The molecule has 0 aliphatic heterocycles. The number of sulfonamides is 1. The van der Waals surface area contributed by atoms with Crippen molar-refractivity contribution < 1.29 is 12.8 Å². The van der Waals surface area contributed by atoms with Crippen molar-refractivity contribution >= 4 is 45.2 Å². The standard InChI is InChI=1S/C10H9Cl2FN2O2S2/c11-10(12,13)18-15(7-6-14)19(16,17)8-9-4-2-1-3-5-9/h1-5H,7-8H2. The van der Waals surface area contributed by atoms with Gasteiger partial charge in [0.15, 0.2) is 0 Å². The van der Waals surface area contributed by atoms with E-state index in [1.165, 1.54) is 0 Å². The van der Waals surface area contributed by atoms with Crippen LogP contribution >= 0.6 is 35.1 Å². The van der Waals surface area contributed by atoms with Crippen molar-refractivity contribution in [1.29, 1.82) is 5.26 Å². The van der Waals surface area contributed by atoms with E-state index in [1.807, 2.05) is 0 Å². The highest BCUT2D eigenvalue weighted by Gasteiger charge is 2.34. The Hall–Kier alpha value is -0.520.